The Morgan fingerprint density at radius 3 is 2.20 bits per heavy atom. The number of carbonyl (C=O) groups is 1. The molecule has 1 aromatic carbocycles. The van der Waals surface area contributed by atoms with Gasteiger partial charge in [-0.2, -0.15) is 5.10 Å². The molecule has 0 atom stereocenters. The fourth-order valence-electron chi connectivity index (χ4n) is 2.30. The fourth-order valence-corrected chi connectivity index (χ4v) is 2.30. The number of hydrogen-bond acceptors (Lipinski definition) is 4. The third-order valence-corrected chi connectivity index (χ3v) is 3.10. The molecule has 1 N–H and O–H groups in total. The highest BCUT2D eigenvalue weighted by Gasteiger charge is 2.25. The smallest absolute Gasteiger partial charge is 0.354 e. The van der Waals surface area contributed by atoms with Crippen LogP contribution in [-0.4, -0.2) is 35.1 Å². The number of carboxylic acids is 1. The highest BCUT2D eigenvalue weighted by atomic mass is 16.5. The van der Waals surface area contributed by atoms with Gasteiger partial charge in [0.15, 0.2) is 5.69 Å². The van der Waals surface area contributed by atoms with Gasteiger partial charge in [-0.1, -0.05) is 6.07 Å². The molecule has 1 heterocycles. The molecule has 0 aliphatic carbocycles. The normalized spacial score (nSPS) is 10.4. The molecule has 6 heteroatoms. The van der Waals surface area contributed by atoms with Crippen LogP contribution >= 0.6 is 0 Å². The first-order chi connectivity index (χ1) is 9.51. The Morgan fingerprint density at radius 2 is 1.75 bits per heavy atom. The summed E-state index contributed by atoms with van der Waals surface area (Å²) < 4.78 is 12.0. The van der Waals surface area contributed by atoms with Gasteiger partial charge in [-0.3, -0.25) is 4.68 Å². The molecular weight excluding hydrogens is 260 g/mol. The predicted molar refractivity (Wildman–Crippen MR) is 73.4 cm³/mol. The fraction of sp³-hybridized carbons (Fsp3) is 0.286. The molecule has 0 saturated carbocycles. The summed E-state index contributed by atoms with van der Waals surface area (Å²) in [5, 5.41) is 13.6. The zero-order valence-corrected chi connectivity index (χ0v) is 11.8. The second kappa shape index (κ2) is 5.24. The van der Waals surface area contributed by atoms with Crippen molar-refractivity contribution in [1.82, 2.24) is 9.78 Å². The summed E-state index contributed by atoms with van der Waals surface area (Å²) in [5.41, 5.74) is 1.81. The summed E-state index contributed by atoms with van der Waals surface area (Å²) in [6, 6.07) is 5.30. The second-order valence-electron chi connectivity index (χ2n) is 4.28. The average molecular weight is 276 g/mol. The molecule has 0 spiro atoms. The van der Waals surface area contributed by atoms with Gasteiger partial charge in [0.1, 0.15) is 11.5 Å². The maximum absolute atomic E-state index is 11.5. The van der Waals surface area contributed by atoms with Crippen molar-refractivity contribution in [3.63, 3.8) is 0 Å². The molecule has 0 aliphatic heterocycles. The highest BCUT2D eigenvalue weighted by Crippen LogP contribution is 2.41. The molecule has 0 amide bonds. The van der Waals surface area contributed by atoms with Gasteiger partial charge in [-0.05, 0) is 19.1 Å². The number of carboxylic acid groups (broad SMARTS) is 1. The minimum Gasteiger partial charge on any atom is -0.496 e. The average Bonchev–Trinajstić information content (AvgIpc) is 2.72. The number of nitrogens with zero attached hydrogens (tertiary/aromatic N) is 2. The number of methoxy groups -OCH3 is 2. The molecule has 1 aromatic heterocycles. The Hall–Kier alpha value is -2.50. The Labute approximate surface area is 116 Å². The first-order valence-corrected chi connectivity index (χ1v) is 5.99. The molecule has 0 bridgehead atoms. The van der Waals surface area contributed by atoms with Gasteiger partial charge in [-0.25, -0.2) is 4.79 Å². The minimum absolute atomic E-state index is 0.102. The van der Waals surface area contributed by atoms with E-state index < -0.39 is 5.97 Å². The van der Waals surface area contributed by atoms with Gasteiger partial charge in [0.2, 0.25) is 0 Å². The van der Waals surface area contributed by atoms with Gasteiger partial charge in [0, 0.05) is 12.6 Å². The Bertz CT molecular complexity index is 639. The molecule has 2 aromatic rings. The monoisotopic (exact) mass is 276 g/mol. The maximum Gasteiger partial charge on any atom is 0.354 e. The summed E-state index contributed by atoms with van der Waals surface area (Å²) in [7, 11) is 4.66. The van der Waals surface area contributed by atoms with E-state index in [9.17, 15) is 9.90 Å². The van der Waals surface area contributed by atoms with Crippen LogP contribution in [0.15, 0.2) is 18.2 Å². The first kappa shape index (κ1) is 13.9. The Morgan fingerprint density at radius 1 is 1.20 bits per heavy atom. The van der Waals surface area contributed by atoms with Crippen molar-refractivity contribution >= 4 is 5.97 Å². The van der Waals surface area contributed by atoms with E-state index >= 15 is 0 Å². The van der Waals surface area contributed by atoms with Crippen molar-refractivity contribution in [3.8, 4) is 22.6 Å². The lowest BCUT2D eigenvalue weighted by molar-refractivity contribution is 0.0686. The topological polar surface area (TPSA) is 73.6 Å². The van der Waals surface area contributed by atoms with Crippen LogP contribution in [0.1, 0.15) is 16.2 Å². The second-order valence-corrected chi connectivity index (χ2v) is 4.28. The van der Waals surface area contributed by atoms with E-state index in [2.05, 4.69) is 5.10 Å². The summed E-state index contributed by atoms with van der Waals surface area (Å²) >= 11 is 0. The number of aromatic carboxylic acids is 1. The van der Waals surface area contributed by atoms with Crippen LogP contribution in [0.4, 0.5) is 0 Å². The SMILES string of the molecule is COc1cccc(OC)c1-c1c(C)nn(C)c1C(=O)O. The number of aromatic nitrogens is 2. The summed E-state index contributed by atoms with van der Waals surface area (Å²) in [6.45, 7) is 1.76. The van der Waals surface area contributed by atoms with E-state index in [4.69, 9.17) is 9.47 Å². The van der Waals surface area contributed by atoms with Crippen LogP contribution in [0.25, 0.3) is 11.1 Å². The van der Waals surface area contributed by atoms with Crippen molar-refractivity contribution < 1.29 is 19.4 Å². The number of ether oxygens (including phenoxy) is 2. The largest absolute Gasteiger partial charge is 0.496 e. The third kappa shape index (κ3) is 2.09. The number of benzene rings is 1. The van der Waals surface area contributed by atoms with E-state index in [-0.39, 0.29) is 5.69 Å². The van der Waals surface area contributed by atoms with E-state index in [0.717, 1.165) is 0 Å². The van der Waals surface area contributed by atoms with Crippen LogP contribution < -0.4 is 9.47 Å². The Balaban J connectivity index is 2.84. The third-order valence-electron chi connectivity index (χ3n) is 3.10. The van der Waals surface area contributed by atoms with Gasteiger partial charge in [-0.15, -0.1) is 0 Å². The van der Waals surface area contributed by atoms with Crippen LogP contribution in [0.2, 0.25) is 0 Å². The standard InChI is InChI=1S/C14H16N2O4/c1-8-11(13(14(17)18)16(2)15-8)12-9(19-3)6-5-7-10(12)20-4/h5-7H,1-4H3,(H,17,18). The van der Waals surface area contributed by atoms with Crippen LogP contribution in [0.5, 0.6) is 11.5 Å². The van der Waals surface area contributed by atoms with Crippen molar-refractivity contribution in [2.24, 2.45) is 7.05 Å². The van der Waals surface area contributed by atoms with Gasteiger partial charge < -0.3 is 14.6 Å². The van der Waals surface area contributed by atoms with E-state index in [1.807, 2.05) is 0 Å². The van der Waals surface area contributed by atoms with Crippen molar-refractivity contribution in [3.05, 3.63) is 29.6 Å². The van der Waals surface area contributed by atoms with E-state index in [1.165, 1.54) is 18.9 Å². The Kier molecular flexibility index (Phi) is 3.65. The van der Waals surface area contributed by atoms with Crippen molar-refractivity contribution in [2.45, 2.75) is 6.92 Å². The molecule has 0 aliphatic rings. The first-order valence-electron chi connectivity index (χ1n) is 5.99. The van der Waals surface area contributed by atoms with E-state index in [0.29, 0.717) is 28.3 Å². The quantitative estimate of drug-likeness (QED) is 0.925. The van der Waals surface area contributed by atoms with E-state index in [1.54, 1.807) is 32.2 Å². The number of hydrogen-bond donors (Lipinski definition) is 1. The molecule has 0 unspecified atom stereocenters. The lowest BCUT2D eigenvalue weighted by atomic mass is 10.0. The van der Waals surface area contributed by atoms with Gasteiger partial charge in [0.05, 0.1) is 25.5 Å². The molecule has 2 rings (SSSR count). The zero-order chi connectivity index (χ0) is 14.9. The van der Waals surface area contributed by atoms with Crippen molar-refractivity contribution in [1.29, 1.82) is 0 Å². The number of rotatable bonds is 4. The van der Waals surface area contributed by atoms with Crippen molar-refractivity contribution in [2.75, 3.05) is 14.2 Å². The van der Waals surface area contributed by atoms with Gasteiger partial charge in [0.25, 0.3) is 0 Å². The molecule has 106 valence electrons. The predicted octanol–water partition coefficient (Wildman–Crippen LogP) is 2.11. The lowest BCUT2D eigenvalue weighted by Gasteiger charge is -2.13. The molecule has 0 radical (unpaired) electrons. The minimum atomic E-state index is -1.05. The summed E-state index contributed by atoms with van der Waals surface area (Å²) in [6.07, 6.45) is 0. The molecule has 6 nitrogen and oxygen atoms in total. The molecule has 0 saturated heterocycles. The zero-order valence-electron chi connectivity index (χ0n) is 11.8. The summed E-state index contributed by atoms with van der Waals surface area (Å²) in [5.74, 6) is 0.0435. The van der Waals surface area contributed by atoms with Crippen LogP contribution in [0, 0.1) is 6.92 Å². The van der Waals surface area contributed by atoms with Gasteiger partial charge >= 0.3 is 5.97 Å². The number of aryl methyl sites for hydroxylation is 2. The summed E-state index contributed by atoms with van der Waals surface area (Å²) in [4.78, 5) is 11.5. The highest BCUT2D eigenvalue weighted by molar-refractivity contribution is 5.97. The maximum atomic E-state index is 11.5. The molecular formula is C14H16N2O4. The van der Waals surface area contributed by atoms with Crippen LogP contribution in [0.3, 0.4) is 0 Å². The lowest BCUT2D eigenvalue weighted by Crippen LogP contribution is -2.07. The van der Waals surface area contributed by atoms with Crippen LogP contribution in [-0.2, 0) is 7.05 Å². The molecule has 0 fully saturated rings. The molecule has 20 heavy (non-hydrogen) atoms.